The number of carboxylic acid groups (broad SMARTS) is 1. The lowest BCUT2D eigenvalue weighted by atomic mass is 10.2. The van der Waals surface area contributed by atoms with Crippen LogP contribution in [-0.2, 0) is 14.3 Å². The van der Waals surface area contributed by atoms with E-state index in [-0.39, 0.29) is 6.61 Å². The Labute approximate surface area is 103 Å². The van der Waals surface area contributed by atoms with Crippen LogP contribution >= 0.6 is 11.3 Å². The van der Waals surface area contributed by atoms with E-state index in [0.717, 1.165) is 5.69 Å². The number of carbonyl (C=O) groups excluding carboxylic acids is 1. The molecule has 0 aliphatic carbocycles. The molecule has 0 radical (unpaired) electrons. The van der Waals surface area contributed by atoms with Crippen LogP contribution in [0, 0.1) is 0 Å². The van der Waals surface area contributed by atoms with Gasteiger partial charge in [-0.3, -0.25) is 10.1 Å². The number of carbonyl (C=O) groups is 2. The van der Waals surface area contributed by atoms with Crippen LogP contribution in [0.1, 0.15) is 25.5 Å². The maximum absolute atomic E-state index is 11.3. The average molecular weight is 258 g/mol. The highest BCUT2D eigenvalue weighted by atomic mass is 32.1. The number of rotatable bonds is 6. The van der Waals surface area contributed by atoms with E-state index >= 15 is 0 Å². The molecule has 2 N–H and O–H groups in total. The van der Waals surface area contributed by atoms with E-state index in [1.165, 1.54) is 11.3 Å². The Morgan fingerprint density at radius 1 is 1.53 bits per heavy atom. The number of amides is 1. The predicted octanol–water partition coefficient (Wildman–Crippen LogP) is 1.31. The monoisotopic (exact) mass is 258 g/mol. The van der Waals surface area contributed by atoms with Crippen LogP contribution in [0.3, 0.4) is 0 Å². The highest BCUT2D eigenvalue weighted by Crippen LogP contribution is 2.21. The Hall–Kier alpha value is -1.47. The highest BCUT2D eigenvalue weighted by Gasteiger charge is 2.09. The zero-order valence-electron chi connectivity index (χ0n) is 9.60. The summed E-state index contributed by atoms with van der Waals surface area (Å²) in [4.78, 5) is 25.7. The van der Waals surface area contributed by atoms with Crippen LogP contribution < -0.4 is 5.32 Å². The molecular weight excluding hydrogens is 244 g/mol. The molecule has 0 aromatic carbocycles. The molecule has 0 spiro atoms. The lowest BCUT2D eigenvalue weighted by Crippen LogP contribution is -2.20. The summed E-state index contributed by atoms with van der Waals surface area (Å²) in [6.07, 6.45) is 0. The van der Waals surface area contributed by atoms with Crippen molar-refractivity contribution in [2.24, 2.45) is 0 Å². The molecule has 1 aromatic heterocycles. The smallest absolute Gasteiger partial charge is 0.329 e. The summed E-state index contributed by atoms with van der Waals surface area (Å²) in [6.45, 7) is 3.25. The zero-order valence-corrected chi connectivity index (χ0v) is 10.4. The minimum atomic E-state index is -1.10. The van der Waals surface area contributed by atoms with Crippen molar-refractivity contribution < 1.29 is 19.4 Å². The topological polar surface area (TPSA) is 88.5 Å². The first-order valence-corrected chi connectivity index (χ1v) is 5.92. The van der Waals surface area contributed by atoms with Gasteiger partial charge in [-0.1, -0.05) is 13.8 Å². The number of thiazole rings is 1. The number of hydrogen-bond acceptors (Lipinski definition) is 5. The maximum atomic E-state index is 11.3. The number of hydrogen-bond donors (Lipinski definition) is 2. The first-order chi connectivity index (χ1) is 7.99. The van der Waals surface area contributed by atoms with Crippen molar-refractivity contribution in [3.8, 4) is 0 Å². The molecule has 7 heteroatoms. The van der Waals surface area contributed by atoms with Gasteiger partial charge < -0.3 is 9.84 Å². The molecule has 1 rings (SSSR count). The fourth-order valence-corrected chi connectivity index (χ4v) is 1.88. The molecule has 0 saturated heterocycles. The van der Waals surface area contributed by atoms with Gasteiger partial charge in [0.15, 0.2) is 5.13 Å². The summed E-state index contributed by atoms with van der Waals surface area (Å²) in [7, 11) is 0. The normalized spacial score (nSPS) is 10.5. The van der Waals surface area contributed by atoms with E-state index in [2.05, 4.69) is 15.0 Å². The standard InChI is InChI=1S/C10H14N2O4S/c1-6(2)7-5-17-10(11-7)12-8(13)3-16-4-9(14)15/h5-6H,3-4H2,1-2H3,(H,14,15)(H,11,12,13). The van der Waals surface area contributed by atoms with Crippen molar-refractivity contribution in [1.82, 2.24) is 4.98 Å². The minimum Gasteiger partial charge on any atom is -0.480 e. The third-order valence-corrected chi connectivity index (χ3v) is 2.59. The van der Waals surface area contributed by atoms with Gasteiger partial charge in [-0.05, 0) is 5.92 Å². The Kier molecular flexibility index (Phi) is 5.05. The molecule has 1 heterocycles. The number of aliphatic carboxylic acids is 1. The number of anilines is 1. The second-order valence-electron chi connectivity index (χ2n) is 3.67. The molecule has 0 atom stereocenters. The zero-order chi connectivity index (χ0) is 12.8. The third kappa shape index (κ3) is 4.92. The van der Waals surface area contributed by atoms with Gasteiger partial charge >= 0.3 is 5.97 Å². The molecule has 0 unspecified atom stereocenters. The predicted molar refractivity (Wildman–Crippen MR) is 63.3 cm³/mol. The van der Waals surface area contributed by atoms with Crippen LogP contribution in [-0.4, -0.2) is 35.2 Å². The van der Waals surface area contributed by atoms with Crippen LogP contribution in [0.15, 0.2) is 5.38 Å². The number of nitrogens with one attached hydrogen (secondary N) is 1. The number of ether oxygens (including phenoxy) is 1. The molecule has 6 nitrogen and oxygen atoms in total. The lowest BCUT2D eigenvalue weighted by Gasteiger charge is -2.01. The second kappa shape index (κ2) is 6.31. The molecule has 0 saturated carbocycles. The molecular formula is C10H14N2O4S. The highest BCUT2D eigenvalue weighted by molar-refractivity contribution is 7.13. The molecule has 0 aliphatic rings. The van der Waals surface area contributed by atoms with E-state index in [4.69, 9.17) is 5.11 Å². The summed E-state index contributed by atoms with van der Waals surface area (Å²) < 4.78 is 4.65. The van der Waals surface area contributed by atoms with Gasteiger partial charge in [0, 0.05) is 5.38 Å². The molecule has 0 fully saturated rings. The molecule has 94 valence electrons. The van der Waals surface area contributed by atoms with Gasteiger partial charge in [-0.15, -0.1) is 11.3 Å². The molecule has 0 aliphatic heterocycles. The summed E-state index contributed by atoms with van der Waals surface area (Å²) in [5, 5.41) is 13.2. The Balaban J connectivity index is 2.37. The van der Waals surface area contributed by atoms with Crippen molar-refractivity contribution in [3.05, 3.63) is 11.1 Å². The maximum Gasteiger partial charge on any atom is 0.329 e. The van der Waals surface area contributed by atoms with Gasteiger partial charge in [-0.2, -0.15) is 0 Å². The first-order valence-electron chi connectivity index (χ1n) is 5.04. The Morgan fingerprint density at radius 2 is 2.24 bits per heavy atom. The summed E-state index contributed by atoms with van der Waals surface area (Å²) in [5.74, 6) is -1.20. The van der Waals surface area contributed by atoms with Crippen molar-refractivity contribution in [3.63, 3.8) is 0 Å². The third-order valence-electron chi connectivity index (χ3n) is 1.82. The van der Waals surface area contributed by atoms with E-state index < -0.39 is 18.5 Å². The fourth-order valence-electron chi connectivity index (χ4n) is 0.995. The van der Waals surface area contributed by atoms with Crippen molar-refractivity contribution in [2.45, 2.75) is 19.8 Å². The van der Waals surface area contributed by atoms with Gasteiger partial charge in [-0.25, -0.2) is 9.78 Å². The van der Waals surface area contributed by atoms with E-state index in [1.54, 1.807) is 0 Å². The Bertz CT molecular complexity index is 403. The quantitative estimate of drug-likeness (QED) is 0.803. The SMILES string of the molecule is CC(C)c1csc(NC(=O)COCC(=O)O)n1. The number of nitrogens with zero attached hydrogens (tertiary/aromatic N) is 1. The first kappa shape index (κ1) is 13.6. The largest absolute Gasteiger partial charge is 0.480 e. The lowest BCUT2D eigenvalue weighted by molar-refractivity contribution is -0.143. The molecule has 0 bridgehead atoms. The van der Waals surface area contributed by atoms with Gasteiger partial charge in [0.25, 0.3) is 5.91 Å². The molecule has 17 heavy (non-hydrogen) atoms. The van der Waals surface area contributed by atoms with Crippen LogP contribution in [0.2, 0.25) is 0 Å². The fraction of sp³-hybridized carbons (Fsp3) is 0.500. The van der Waals surface area contributed by atoms with Gasteiger partial charge in [0.1, 0.15) is 13.2 Å². The summed E-state index contributed by atoms with van der Waals surface area (Å²) in [6, 6.07) is 0. The number of carboxylic acids is 1. The number of aromatic nitrogens is 1. The second-order valence-corrected chi connectivity index (χ2v) is 4.53. The summed E-state index contributed by atoms with van der Waals surface area (Å²) in [5.41, 5.74) is 0.914. The van der Waals surface area contributed by atoms with Crippen LogP contribution in [0.4, 0.5) is 5.13 Å². The molecule has 1 amide bonds. The summed E-state index contributed by atoms with van der Waals surface area (Å²) >= 11 is 1.33. The molecule has 1 aromatic rings. The van der Waals surface area contributed by atoms with Gasteiger partial charge in [0.05, 0.1) is 5.69 Å². The van der Waals surface area contributed by atoms with Crippen molar-refractivity contribution in [2.75, 3.05) is 18.5 Å². The van der Waals surface area contributed by atoms with Crippen molar-refractivity contribution in [1.29, 1.82) is 0 Å². The van der Waals surface area contributed by atoms with Crippen LogP contribution in [0.25, 0.3) is 0 Å². The van der Waals surface area contributed by atoms with Crippen molar-refractivity contribution >= 4 is 28.3 Å². The Morgan fingerprint density at radius 3 is 2.76 bits per heavy atom. The van der Waals surface area contributed by atoms with E-state index in [1.807, 2.05) is 19.2 Å². The van der Waals surface area contributed by atoms with E-state index in [9.17, 15) is 9.59 Å². The van der Waals surface area contributed by atoms with Gasteiger partial charge in [0.2, 0.25) is 0 Å². The minimum absolute atomic E-state index is 0.289. The average Bonchev–Trinajstić information content (AvgIpc) is 2.65. The van der Waals surface area contributed by atoms with E-state index in [0.29, 0.717) is 11.0 Å². The van der Waals surface area contributed by atoms with Crippen LogP contribution in [0.5, 0.6) is 0 Å².